The summed E-state index contributed by atoms with van der Waals surface area (Å²) in [4.78, 5) is 29.2. The molecule has 2 aromatic heterocycles. The molecule has 14 heteroatoms. The van der Waals surface area contributed by atoms with Crippen LogP contribution in [-0.2, 0) is 10.0 Å². The number of hydrogen-bond donors (Lipinski definition) is 0. The van der Waals surface area contributed by atoms with Crippen LogP contribution in [0.25, 0.3) is 10.2 Å². The number of methoxy groups -OCH3 is 1. The second-order valence-electron chi connectivity index (χ2n) is 7.74. The Morgan fingerprint density at radius 1 is 1.11 bits per heavy atom. The van der Waals surface area contributed by atoms with E-state index in [1.54, 1.807) is 39.2 Å². The van der Waals surface area contributed by atoms with Crippen molar-refractivity contribution < 1.29 is 22.9 Å². The largest absolute Gasteiger partial charge is 0.497 e. The van der Waals surface area contributed by atoms with Crippen molar-refractivity contribution in [3.8, 4) is 5.75 Å². The van der Waals surface area contributed by atoms with E-state index in [0.717, 1.165) is 21.0 Å². The third-order valence-corrected chi connectivity index (χ3v) is 9.52. The monoisotopic (exact) mass is 573 g/mol. The highest BCUT2D eigenvalue weighted by Crippen LogP contribution is 2.33. The number of aromatic nitrogens is 1. The molecule has 0 atom stereocenters. The Morgan fingerprint density at radius 3 is 2.42 bits per heavy atom. The van der Waals surface area contributed by atoms with Crippen LogP contribution in [0, 0.1) is 10.1 Å². The van der Waals surface area contributed by atoms with Gasteiger partial charge in [0.1, 0.15) is 5.75 Å². The predicted molar refractivity (Wildman–Crippen MR) is 148 cm³/mol. The minimum atomic E-state index is -3.69. The number of carbonyl (C=O) groups is 1. The number of hydrogen-bond acceptors (Lipinski definition) is 10. The highest BCUT2D eigenvalue weighted by atomic mass is 32.2. The van der Waals surface area contributed by atoms with E-state index >= 15 is 0 Å². The van der Waals surface area contributed by atoms with Crippen LogP contribution in [-0.4, -0.2) is 55.0 Å². The molecule has 38 heavy (non-hydrogen) atoms. The SMILES string of the molecule is CCN(CC)S(=O)(=O)c1ccc(C(=O)N(/N=C/c2ccc([N+](=O)[O-])s2)c2nc3ccc(OC)cc3s2)cc1. The number of thiazole rings is 1. The fraction of sp³-hybridized carbons (Fsp3) is 0.208. The van der Waals surface area contributed by atoms with Gasteiger partial charge in [-0.1, -0.05) is 36.5 Å². The molecule has 11 nitrogen and oxygen atoms in total. The van der Waals surface area contributed by atoms with E-state index in [1.807, 2.05) is 0 Å². The molecule has 0 aliphatic carbocycles. The highest BCUT2D eigenvalue weighted by molar-refractivity contribution is 7.89. The highest BCUT2D eigenvalue weighted by Gasteiger charge is 2.25. The van der Waals surface area contributed by atoms with E-state index < -0.39 is 20.9 Å². The quantitative estimate of drug-likeness (QED) is 0.148. The first-order valence-corrected chi connectivity index (χ1v) is 14.4. The predicted octanol–water partition coefficient (Wildman–Crippen LogP) is 4.99. The Balaban J connectivity index is 1.72. The van der Waals surface area contributed by atoms with Gasteiger partial charge >= 0.3 is 5.00 Å². The Labute approximate surface area is 226 Å². The van der Waals surface area contributed by atoms with Crippen molar-refractivity contribution in [2.45, 2.75) is 18.7 Å². The molecule has 0 saturated heterocycles. The zero-order chi connectivity index (χ0) is 27.4. The minimum Gasteiger partial charge on any atom is -0.497 e. The Morgan fingerprint density at radius 2 is 1.82 bits per heavy atom. The average molecular weight is 574 g/mol. The summed E-state index contributed by atoms with van der Waals surface area (Å²) in [6, 6.07) is 13.8. The van der Waals surface area contributed by atoms with Crippen LogP contribution >= 0.6 is 22.7 Å². The first-order valence-electron chi connectivity index (χ1n) is 11.3. The molecule has 0 spiro atoms. The Bertz CT molecular complexity index is 1610. The van der Waals surface area contributed by atoms with Crippen molar-refractivity contribution in [3.63, 3.8) is 0 Å². The third kappa shape index (κ3) is 5.57. The fourth-order valence-corrected chi connectivity index (χ4v) is 6.62. The van der Waals surface area contributed by atoms with Gasteiger partial charge in [-0.2, -0.15) is 14.4 Å². The zero-order valence-corrected chi connectivity index (χ0v) is 23.0. The number of amides is 1. The van der Waals surface area contributed by atoms with Gasteiger partial charge in [0, 0.05) is 24.7 Å². The van der Waals surface area contributed by atoms with Crippen molar-refractivity contribution in [1.82, 2.24) is 9.29 Å². The number of thiophene rings is 1. The van der Waals surface area contributed by atoms with Gasteiger partial charge in [0.25, 0.3) is 5.91 Å². The zero-order valence-electron chi connectivity index (χ0n) is 20.6. The van der Waals surface area contributed by atoms with Crippen molar-refractivity contribution in [1.29, 1.82) is 0 Å². The van der Waals surface area contributed by atoms with Crippen LogP contribution in [0.2, 0.25) is 0 Å². The normalized spacial score (nSPS) is 11.9. The van der Waals surface area contributed by atoms with E-state index in [-0.39, 0.29) is 20.6 Å². The molecule has 0 saturated carbocycles. The average Bonchev–Trinajstić information content (AvgIpc) is 3.56. The summed E-state index contributed by atoms with van der Waals surface area (Å²) in [7, 11) is -2.14. The lowest BCUT2D eigenvalue weighted by atomic mass is 10.2. The summed E-state index contributed by atoms with van der Waals surface area (Å²) in [6.45, 7) is 4.16. The molecular weight excluding hydrogens is 550 g/mol. The number of anilines is 1. The molecule has 198 valence electrons. The second kappa shape index (κ2) is 11.3. The van der Waals surface area contributed by atoms with E-state index in [1.165, 1.54) is 58.3 Å². The number of nitrogens with zero attached hydrogens (tertiary/aromatic N) is 5. The van der Waals surface area contributed by atoms with Crippen molar-refractivity contribution in [2.75, 3.05) is 25.2 Å². The molecular formula is C24H23N5O6S3. The summed E-state index contributed by atoms with van der Waals surface area (Å²) in [5, 5.41) is 16.7. The van der Waals surface area contributed by atoms with Gasteiger partial charge in [0.2, 0.25) is 15.2 Å². The Kier molecular flexibility index (Phi) is 8.16. The third-order valence-electron chi connectivity index (χ3n) is 5.50. The van der Waals surface area contributed by atoms with E-state index in [4.69, 9.17) is 4.74 Å². The van der Waals surface area contributed by atoms with Crippen LogP contribution in [0.15, 0.2) is 64.6 Å². The van der Waals surface area contributed by atoms with Crippen molar-refractivity contribution in [3.05, 3.63) is 75.2 Å². The molecule has 2 aromatic carbocycles. The lowest BCUT2D eigenvalue weighted by Gasteiger charge is -2.19. The minimum absolute atomic E-state index is 0.0543. The smallest absolute Gasteiger partial charge is 0.324 e. The summed E-state index contributed by atoms with van der Waals surface area (Å²) >= 11 is 2.13. The molecule has 2 heterocycles. The molecule has 4 aromatic rings. The van der Waals surface area contributed by atoms with Crippen LogP contribution in [0.3, 0.4) is 0 Å². The number of rotatable bonds is 10. The first-order chi connectivity index (χ1) is 18.2. The fourth-order valence-electron chi connectivity index (χ4n) is 3.53. The van der Waals surface area contributed by atoms with Gasteiger partial charge in [-0.05, 0) is 48.5 Å². The van der Waals surface area contributed by atoms with Crippen LogP contribution in [0.1, 0.15) is 29.1 Å². The topological polar surface area (TPSA) is 135 Å². The molecule has 0 N–H and O–H groups in total. The van der Waals surface area contributed by atoms with Gasteiger partial charge in [-0.15, -0.1) is 0 Å². The molecule has 1 amide bonds. The van der Waals surface area contributed by atoms with Crippen molar-refractivity contribution >= 4 is 65.2 Å². The molecule has 0 fully saturated rings. The summed E-state index contributed by atoms with van der Waals surface area (Å²) < 4.78 is 33.0. The summed E-state index contributed by atoms with van der Waals surface area (Å²) in [6.07, 6.45) is 1.35. The maximum Gasteiger partial charge on any atom is 0.324 e. The number of benzene rings is 2. The second-order valence-corrected chi connectivity index (χ2v) is 11.8. The maximum atomic E-state index is 13.6. The van der Waals surface area contributed by atoms with Crippen LogP contribution in [0.5, 0.6) is 5.75 Å². The van der Waals surface area contributed by atoms with Gasteiger partial charge in [-0.25, -0.2) is 13.4 Å². The molecule has 0 bridgehead atoms. The van der Waals surface area contributed by atoms with Gasteiger partial charge < -0.3 is 4.74 Å². The molecule has 0 unspecified atom stereocenters. The lowest BCUT2D eigenvalue weighted by molar-refractivity contribution is -0.380. The van der Waals surface area contributed by atoms with E-state index in [9.17, 15) is 23.3 Å². The number of fused-ring (bicyclic) bond motifs is 1. The van der Waals surface area contributed by atoms with Crippen LogP contribution < -0.4 is 9.75 Å². The molecule has 0 aliphatic heterocycles. The number of hydrazone groups is 1. The van der Waals surface area contributed by atoms with Gasteiger partial charge in [0.05, 0.1) is 38.2 Å². The number of sulfonamides is 1. The number of nitro groups is 1. The molecule has 4 rings (SSSR count). The summed E-state index contributed by atoms with van der Waals surface area (Å²) in [5.74, 6) is 0.0788. The van der Waals surface area contributed by atoms with Gasteiger partial charge in [0.15, 0.2) is 0 Å². The Hall–Kier alpha value is -3.72. The molecule has 0 radical (unpaired) electrons. The van der Waals surface area contributed by atoms with Crippen molar-refractivity contribution in [2.24, 2.45) is 5.10 Å². The maximum absolute atomic E-state index is 13.6. The van der Waals surface area contributed by atoms with Crippen LogP contribution in [0.4, 0.5) is 10.1 Å². The van der Waals surface area contributed by atoms with Gasteiger partial charge in [-0.3, -0.25) is 14.9 Å². The first kappa shape index (κ1) is 27.3. The summed E-state index contributed by atoms with van der Waals surface area (Å²) in [5.41, 5.74) is 0.820. The standard InChI is InChI=1S/C24H23N5O6S3/c1-4-27(5-2)38(33,34)19-10-6-16(7-11-19)23(30)28(25-15-18-9-13-22(36-18)29(31)32)24-26-20-12-8-17(35-3)14-21(20)37-24/h6-15H,4-5H2,1-3H3/b25-15+. The number of ether oxygens (including phenoxy) is 1. The van der Waals surface area contributed by atoms with E-state index in [2.05, 4.69) is 10.1 Å². The van der Waals surface area contributed by atoms with E-state index in [0.29, 0.717) is 29.2 Å². The lowest BCUT2D eigenvalue weighted by Crippen LogP contribution is -2.30. The molecule has 0 aliphatic rings. The number of carbonyl (C=O) groups excluding carboxylic acids is 1.